The van der Waals surface area contributed by atoms with E-state index in [1.165, 1.54) is 10.5 Å². The Hall–Kier alpha value is -1.68. The fraction of sp³-hybridized carbons (Fsp3) is 0.214. The number of aromatic nitrogens is 1. The maximum absolute atomic E-state index is 11.9. The van der Waals surface area contributed by atoms with Gasteiger partial charge in [-0.15, -0.1) is 11.8 Å². The molecule has 0 fully saturated rings. The highest BCUT2D eigenvalue weighted by Crippen LogP contribution is 2.39. The number of hydrogen-bond donors (Lipinski definition) is 1. The summed E-state index contributed by atoms with van der Waals surface area (Å²) in [6, 6.07) is 11.9. The van der Waals surface area contributed by atoms with Crippen LogP contribution in [0.5, 0.6) is 0 Å². The monoisotopic (exact) mass is 258 g/mol. The Kier molecular flexibility index (Phi) is 2.88. The number of fused-ring (bicyclic) bond motifs is 1. The van der Waals surface area contributed by atoms with Crippen LogP contribution in [0.4, 0.5) is 5.69 Å². The fourth-order valence-corrected chi connectivity index (χ4v) is 3.56. The second-order valence-corrected chi connectivity index (χ2v) is 5.53. The molecule has 0 saturated heterocycles. The molecule has 0 spiro atoms. The van der Waals surface area contributed by atoms with Crippen molar-refractivity contribution in [2.24, 2.45) is 0 Å². The topological polar surface area (TPSA) is 48.0 Å². The molecule has 0 bridgehead atoms. The van der Waals surface area contributed by atoms with Crippen molar-refractivity contribution in [3.8, 4) is 0 Å². The Morgan fingerprint density at radius 1 is 1.28 bits per heavy atom. The van der Waals surface area contributed by atoms with Crippen molar-refractivity contribution in [2.75, 3.05) is 11.5 Å². The third-order valence-electron chi connectivity index (χ3n) is 3.27. The zero-order chi connectivity index (χ0) is 12.5. The van der Waals surface area contributed by atoms with Crippen LogP contribution in [0, 0.1) is 0 Å². The molecule has 1 atom stereocenters. The van der Waals surface area contributed by atoms with Crippen molar-refractivity contribution in [1.82, 2.24) is 4.57 Å². The predicted molar refractivity (Wildman–Crippen MR) is 75.0 cm³/mol. The van der Waals surface area contributed by atoms with E-state index in [1.54, 1.807) is 10.6 Å². The lowest BCUT2D eigenvalue weighted by Crippen LogP contribution is -2.24. The van der Waals surface area contributed by atoms with Crippen LogP contribution >= 0.6 is 11.8 Å². The Bertz CT molecular complexity index is 636. The number of anilines is 1. The summed E-state index contributed by atoms with van der Waals surface area (Å²) in [7, 11) is 0. The minimum Gasteiger partial charge on any atom is -0.394 e. The Balaban J connectivity index is 1.91. The number of benzene rings is 1. The fourth-order valence-electron chi connectivity index (χ4n) is 2.32. The summed E-state index contributed by atoms with van der Waals surface area (Å²) < 4.78 is 1.71. The molecule has 4 heteroatoms. The molecule has 2 aromatic rings. The van der Waals surface area contributed by atoms with Gasteiger partial charge in [-0.1, -0.05) is 18.2 Å². The second-order valence-electron chi connectivity index (χ2n) is 4.47. The van der Waals surface area contributed by atoms with E-state index in [2.05, 4.69) is 24.3 Å². The standard InChI is InChI=1S/C14H14N2OS/c15-12-5-3-7-16(14(12)17)8-10-9-18-13-6-2-1-4-11(10)13/h1-7,10H,8-9,15H2. The zero-order valence-corrected chi connectivity index (χ0v) is 10.7. The van der Waals surface area contributed by atoms with Gasteiger partial charge in [0.05, 0.1) is 5.69 Å². The summed E-state index contributed by atoms with van der Waals surface area (Å²) >= 11 is 1.86. The molecule has 1 aliphatic heterocycles. The molecule has 92 valence electrons. The summed E-state index contributed by atoms with van der Waals surface area (Å²) in [5.74, 6) is 1.42. The van der Waals surface area contributed by atoms with Crippen molar-refractivity contribution < 1.29 is 0 Å². The first-order chi connectivity index (χ1) is 8.75. The van der Waals surface area contributed by atoms with Gasteiger partial charge in [0.15, 0.2) is 0 Å². The van der Waals surface area contributed by atoms with E-state index in [0.29, 0.717) is 18.2 Å². The zero-order valence-electron chi connectivity index (χ0n) is 9.87. The summed E-state index contributed by atoms with van der Waals surface area (Å²) in [6.45, 7) is 0.702. The van der Waals surface area contributed by atoms with Crippen molar-refractivity contribution in [3.05, 3.63) is 58.5 Å². The van der Waals surface area contributed by atoms with Gasteiger partial charge < -0.3 is 10.3 Å². The smallest absolute Gasteiger partial charge is 0.273 e. The second kappa shape index (κ2) is 4.53. The van der Waals surface area contributed by atoms with Gasteiger partial charge in [-0.25, -0.2) is 0 Å². The number of nitrogens with zero attached hydrogens (tertiary/aromatic N) is 1. The van der Waals surface area contributed by atoms with Crippen molar-refractivity contribution in [2.45, 2.75) is 17.4 Å². The van der Waals surface area contributed by atoms with Crippen molar-refractivity contribution in [3.63, 3.8) is 0 Å². The lowest BCUT2D eigenvalue weighted by Gasteiger charge is -2.13. The Morgan fingerprint density at radius 2 is 2.11 bits per heavy atom. The molecule has 1 aliphatic rings. The predicted octanol–water partition coefficient (Wildman–Crippen LogP) is 2.32. The van der Waals surface area contributed by atoms with Crippen molar-refractivity contribution >= 4 is 17.4 Å². The average molecular weight is 258 g/mol. The van der Waals surface area contributed by atoms with E-state index < -0.39 is 0 Å². The summed E-state index contributed by atoms with van der Waals surface area (Å²) in [6.07, 6.45) is 1.81. The van der Waals surface area contributed by atoms with Gasteiger partial charge in [0, 0.05) is 29.3 Å². The number of nitrogens with two attached hydrogens (primary N) is 1. The largest absolute Gasteiger partial charge is 0.394 e. The first-order valence-corrected chi connectivity index (χ1v) is 6.91. The molecule has 2 N–H and O–H groups in total. The molecular formula is C14H14N2OS. The molecule has 2 heterocycles. The number of rotatable bonds is 2. The molecule has 1 unspecified atom stereocenters. The van der Waals surface area contributed by atoms with Gasteiger partial charge in [-0.2, -0.15) is 0 Å². The first-order valence-electron chi connectivity index (χ1n) is 5.92. The van der Waals surface area contributed by atoms with E-state index in [0.717, 1.165) is 5.75 Å². The number of thioether (sulfide) groups is 1. The molecule has 0 saturated carbocycles. The lowest BCUT2D eigenvalue weighted by atomic mass is 10.0. The minimum absolute atomic E-state index is 0.0909. The summed E-state index contributed by atoms with van der Waals surface area (Å²) in [5, 5.41) is 0. The van der Waals surface area contributed by atoms with Gasteiger partial charge in [0.25, 0.3) is 5.56 Å². The number of nitrogen functional groups attached to an aromatic ring is 1. The normalized spacial score (nSPS) is 17.7. The molecule has 3 nitrogen and oxygen atoms in total. The highest BCUT2D eigenvalue weighted by Gasteiger charge is 2.23. The molecule has 0 aliphatic carbocycles. The quantitative estimate of drug-likeness (QED) is 0.899. The van der Waals surface area contributed by atoms with Gasteiger partial charge in [0.2, 0.25) is 0 Å². The first kappa shape index (κ1) is 11.4. The van der Waals surface area contributed by atoms with E-state index in [4.69, 9.17) is 5.73 Å². The Morgan fingerprint density at radius 3 is 3.00 bits per heavy atom. The van der Waals surface area contributed by atoms with Crippen LogP contribution in [0.2, 0.25) is 0 Å². The molecule has 0 radical (unpaired) electrons. The van der Waals surface area contributed by atoms with Gasteiger partial charge in [0.1, 0.15) is 0 Å². The number of hydrogen-bond acceptors (Lipinski definition) is 3. The third kappa shape index (κ3) is 1.93. The molecule has 18 heavy (non-hydrogen) atoms. The molecule has 1 aromatic heterocycles. The molecular weight excluding hydrogens is 244 g/mol. The number of pyridine rings is 1. The maximum Gasteiger partial charge on any atom is 0.273 e. The SMILES string of the molecule is Nc1cccn(CC2CSc3ccccc32)c1=O. The molecule has 3 rings (SSSR count). The van der Waals surface area contributed by atoms with Crippen LogP contribution in [0.15, 0.2) is 52.3 Å². The van der Waals surface area contributed by atoms with Crippen molar-refractivity contribution in [1.29, 1.82) is 0 Å². The Labute approximate surface area is 110 Å². The molecule has 1 aromatic carbocycles. The van der Waals surface area contributed by atoms with Gasteiger partial charge in [-0.05, 0) is 23.8 Å². The third-order valence-corrected chi connectivity index (χ3v) is 4.52. The summed E-state index contributed by atoms with van der Waals surface area (Å²) in [4.78, 5) is 13.2. The minimum atomic E-state index is -0.0909. The van der Waals surface area contributed by atoms with Crippen LogP contribution in [0.1, 0.15) is 11.5 Å². The molecule has 0 amide bonds. The van der Waals surface area contributed by atoms with Crippen LogP contribution in [0.3, 0.4) is 0 Å². The van der Waals surface area contributed by atoms with E-state index in [-0.39, 0.29) is 5.56 Å². The maximum atomic E-state index is 11.9. The lowest BCUT2D eigenvalue weighted by molar-refractivity contribution is 0.589. The summed E-state index contributed by atoms with van der Waals surface area (Å²) in [5.41, 5.74) is 7.22. The van der Waals surface area contributed by atoms with Crippen LogP contribution in [-0.4, -0.2) is 10.3 Å². The van der Waals surface area contributed by atoms with Crippen LogP contribution in [-0.2, 0) is 6.54 Å². The van der Waals surface area contributed by atoms with Gasteiger partial charge >= 0.3 is 0 Å². The van der Waals surface area contributed by atoms with Gasteiger partial charge in [-0.3, -0.25) is 4.79 Å². The van der Waals surface area contributed by atoms with Crippen LogP contribution in [0.25, 0.3) is 0 Å². The average Bonchev–Trinajstić information content (AvgIpc) is 2.79. The highest BCUT2D eigenvalue weighted by atomic mass is 32.2. The van der Waals surface area contributed by atoms with E-state index >= 15 is 0 Å². The van der Waals surface area contributed by atoms with Crippen LogP contribution < -0.4 is 11.3 Å². The van der Waals surface area contributed by atoms with E-state index in [9.17, 15) is 4.79 Å². The highest BCUT2D eigenvalue weighted by molar-refractivity contribution is 7.99. The van der Waals surface area contributed by atoms with E-state index in [1.807, 2.05) is 24.0 Å².